The molecule has 9 heteroatoms. The van der Waals surface area contributed by atoms with Gasteiger partial charge in [0.1, 0.15) is 17.9 Å². The molecule has 0 bridgehead atoms. The second kappa shape index (κ2) is 18.2. The summed E-state index contributed by atoms with van der Waals surface area (Å²) in [5.74, 6) is -0.213. The summed E-state index contributed by atoms with van der Waals surface area (Å²) < 4.78 is 14.1. The number of nitrogens with one attached hydrogen (secondary N) is 2. The Kier molecular flexibility index (Phi) is 13.1. The van der Waals surface area contributed by atoms with Crippen LogP contribution in [0.4, 0.5) is 4.39 Å². The number of likely N-dealkylation sites (tertiary alicyclic amines) is 1. The number of hydrogen-bond donors (Lipinski definition) is 2. The normalized spacial score (nSPS) is 23.9. The fourth-order valence-corrected chi connectivity index (χ4v) is 10.5. The summed E-state index contributed by atoms with van der Waals surface area (Å²) in [7, 11) is 0. The molecule has 2 N–H and O–H groups in total. The molecule has 57 heavy (non-hydrogen) atoms. The molecule has 0 aromatic heterocycles. The van der Waals surface area contributed by atoms with E-state index in [1.165, 1.54) is 36.1 Å². The highest BCUT2D eigenvalue weighted by atomic mass is 19.1. The van der Waals surface area contributed by atoms with Gasteiger partial charge in [0.2, 0.25) is 17.7 Å². The minimum atomic E-state index is -0.834. The van der Waals surface area contributed by atoms with Crippen LogP contribution in [0, 0.1) is 17.2 Å². The average molecular weight is 778 g/mol. The highest BCUT2D eigenvalue weighted by Crippen LogP contribution is 2.46. The van der Waals surface area contributed by atoms with E-state index in [1.807, 2.05) is 37.8 Å². The van der Waals surface area contributed by atoms with Crippen molar-refractivity contribution in [1.82, 2.24) is 25.3 Å². The van der Waals surface area contributed by atoms with Gasteiger partial charge in [-0.1, -0.05) is 105 Å². The Bertz CT molecular complexity index is 1780. The maximum absolute atomic E-state index is 15.0. The van der Waals surface area contributed by atoms with Crippen molar-refractivity contribution in [1.29, 1.82) is 0 Å². The lowest BCUT2D eigenvalue weighted by Crippen LogP contribution is -2.68. The second-order valence-corrected chi connectivity index (χ2v) is 18.4. The van der Waals surface area contributed by atoms with E-state index in [0.29, 0.717) is 51.0 Å². The van der Waals surface area contributed by atoms with Crippen molar-refractivity contribution in [2.24, 2.45) is 11.3 Å². The third-order valence-corrected chi connectivity index (χ3v) is 13.4. The molecule has 3 aromatic rings. The van der Waals surface area contributed by atoms with Crippen molar-refractivity contribution in [2.45, 2.75) is 141 Å². The van der Waals surface area contributed by atoms with Crippen LogP contribution in [0.5, 0.6) is 0 Å². The van der Waals surface area contributed by atoms with E-state index in [4.69, 9.17) is 0 Å². The topological polar surface area (TPSA) is 85.0 Å². The van der Waals surface area contributed by atoms with E-state index >= 15 is 0 Å². The number of halogens is 1. The highest BCUT2D eigenvalue weighted by molar-refractivity contribution is 5.91. The average Bonchev–Trinajstić information content (AvgIpc) is 3.22. The molecule has 0 spiro atoms. The Hall–Kier alpha value is -4.08. The van der Waals surface area contributed by atoms with Crippen molar-refractivity contribution >= 4 is 17.7 Å². The first-order valence-corrected chi connectivity index (χ1v) is 21.7. The predicted octanol–water partition coefficient (Wildman–Crippen LogP) is 7.65. The fraction of sp³-hybridized carbons (Fsp3) is 0.562. The monoisotopic (exact) mass is 777 g/mol. The minimum Gasteiger partial charge on any atom is -0.351 e. The van der Waals surface area contributed by atoms with Crippen LogP contribution in [-0.4, -0.2) is 81.8 Å². The van der Waals surface area contributed by atoms with Gasteiger partial charge in [-0.25, -0.2) is 4.39 Å². The number of carbonyl (C=O) groups excluding carboxylic acids is 3. The Labute approximate surface area is 339 Å². The summed E-state index contributed by atoms with van der Waals surface area (Å²) in [4.78, 5) is 50.7. The summed E-state index contributed by atoms with van der Waals surface area (Å²) >= 11 is 0. The highest BCUT2D eigenvalue weighted by Gasteiger charge is 2.50. The number of benzene rings is 3. The largest absolute Gasteiger partial charge is 0.351 e. The van der Waals surface area contributed by atoms with Crippen molar-refractivity contribution < 1.29 is 18.8 Å². The summed E-state index contributed by atoms with van der Waals surface area (Å²) in [6.45, 7) is 8.99. The Balaban J connectivity index is 1.15. The number of rotatable bonds is 11. The first kappa shape index (κ1) is 41.1. The molecule has 4 atom stereocenters. The lowest BCUT2D eigenvalue weighted by Gasteiger charge is -2.53. The first-order chi connectivity index (χ1) is 27.5. The van der Waals surface area contributed by atoms with Crippen LogP contribution in [0.1, 0.15) is 108 Å². The molecule has 1 unspecified atom stereocenters. The zero-order chi connectivity index (χ0) is 40.0. The van der Waals surface area contributed by atoms with Gasteiger partial charge in [0.25, 0.3) is 0 Å². The zero-order valence-corrected chi connectivity index (χ0v) is 34.4. The van der Waals surface area contributed by atoms with Gasteiger partial charge in [0, 0.05) is 56.8 Å². The molecule has 0 radical (unpaired) electrons. The number of carbonyl (C=O) groups is 3. The van der Waals surface area contributed by atoms with E-state index < -0.39 is 17.5 Å². The van der Waals surface area contributed by atoms with Gasteiger partial charge in [0.15, 0.2) is 0 Å². The van der Waals surface area contributed by atoms with Gasteiger partial charge in [-0.3, -0.25) is 24.2 Å². The molecule has 4 aliphatic rings. The number of hydrogen-bond acceptors (Lipinski definition) is 5. The summed E-state index contributed by atoms with van der Waals surface area (Å²) in [6, 6.07) is 26.4. The third-order valence-electron chi connectivity index (χ3n) is 13.4. The van der Waals surface area contributed by atoms with E-state index in [-0.39, 0.29) is 41.5 Å². The molecule has 2 aliphatic heterocycles. The number of piperazine rings is 1. The molecule has 7 rings (SSSR count). The molecule has 3 amide bonds. The standard InChI is InChI=1S/C48H64FN5O3/c1-47(2,3)51-46(57)48(38-19-11-6-12-20-38)27-29-52(30-28-48)45(56)40(31-35-23-25-39(49)26-24-35)50-44(55)43-34-53(32-36-15-7-4-8-16-36)41-21-13-14-22-42(41)54(43)33-37-17-9-5-10-18-37/h4-5,7-10,15-18,23-26,38,40-43H,6,11-14,19-22,27-34H2,1-3H3,(H,50,55)(H,51,57)/t40-,41+,42-,43?/m1/s1. The van der Waals surface area contributed by atoms with Crippen molar-refractivity contribution in [3.63, 3.8) is 0 Å². The number of amides is 3. The van der Waals surface area contributed by atoms with Crippen molar-refractivity contribution in [3.05, 3.63) is 107 Å². The molecule has 2 heterocycles. The van der Waals surface area contributed by atoms with Crippen LogP contribution >= 0.6 is 0 Å². The SMILES string of the molecule is CC(C)(C)NC(=O)C1(C2CCCCC2)CCN(C(=O)[C@@H](Cc2ccc(F)cc2)NC(=O)C2CN(Cc3ccccc3)[C@H]3CCCC[C@H]3N2Cc2ccccc2)CC1. The van der Waals surface area contributed by atoms with Crippen LogP contribution in [-0.2, 0) is 33.9 Å². The lowest BCUT2D eigenvalue weighted by atomic mass is 9.63. The lowest BCUT2D eigenvalue weighted by molar-refractivity contribution is -0.148. The molecule has 2 saturated heterocycles. The van der Waals surface area contributed by atoms with Crippen LogP contribution < -0.4 is 10.6 Å². The van der Waals surface area contributed by atoms with Gasteiger partial charge in [-0.2, -0.15) is 0 Å². The molecule has 8 nitrogen and oxygen atoms in total. The van der Waals surface area contributed by atoms with Crippen molar-refractivity contribution in [3.8, 4) is 0 Å². The summed E-state index contributed by atoms with van der Waals surface area (Å²) in [5, 5.41) is 6.62. The molecular formula is C48H64FN5O3. The summed E-state index contributed by atoms with van der Waals surface area (Å²) in [6.07, 6.45) is 11.4. The summed E-state index contributed by atoms with van der Waals surface area (Å²) in [5.41, 5.74) is 2.32. The molecule has 306 valence electrons. The number of piperidine rings is 1. The van der Waals surface area contributed by atoms with Gasteiger partial charge in [0.05, 0.1) is 5.41 Å². The predicted molar refractivity (Wildman–Crippen MR) is 223 cm³/mol. The Morgan fingerprint density at radius 3 is 1.93 bits per heavy atom. The van der Waals surface area contributed by atoms with E-state index in [0.717, 1.165) is 57.1 Å². The zero-order valence-electron chi connectivity index (χ0n) is 34.4. The van der Waals surface area contributed by atoms with Gasteiger partial charge in [-0.15, -0.1) is 0 Å². The minimum absolute atomic E-state index is 0.113. The van der Waals surface area contributed by atoms with E-state index in [2.05, 4.69) is 69.0 Å². The van der Waals surface area contributed by atoms with Crippen LogP contribution in [0.25, 0.3) is 0 Å². The van der Waals surface area contributed by atoms with E-state index in [9.17, 15) is 18.8 Å². The van der Waals surface area contributed by atoms with Crippen LogP contribution in [0.2, 0.25) is 0 Å². The van der Waals surface area contributed by atoms with Crippen LogP contribution in [0.3, 0.4) is 0 Å². The molecule has 3 aromatic carbocycles. The molecule has 2 aliphatic carbocycles. The van der Waals surface area contributed by atoms with Crippen molar-refractivity contribution in [2.75, 3.05) is 19.6 Å². The Morgan fingerprint density at radius 2 is 1.32 bits per heavy atom. The maximum atomic E-state index is 15.0. The maximum Gasteiger partial charge on any atom is 0.245 e. The Morgan fingerprint density at radius 1 is 0.737 bits per heavy atom. The van der Waals surface area contributed by atoms with Crippen LogP contribution in [0.15, 0.2) is 84.9 Å². The van der Waals surface area contributed by atoms with Gasteiger partial charge >= 0.3 is 0 Å². The van der Waals surface area contributed by atoms with E-state index in [1.54, 1.807) is 12.1 Å². The third kappa shape index (κ3) is 9.97. The fourth-order valence-electron chi connectivity index (χ4n) is 10.5. The quantitative estimate of drug-likeness (QED) is 0.209. The number of fused-ring (bicyclic) bond motifs is 1. The molecule has 4 fully saturated rings. The second-order valence-electron chi connectivity index (χ2n) is 18.4. The van der Waals surface area contributed by atoms with Gasteiger partial charge < -0.3 is 15.5 Å². The molecular weight excluding hydrogens is 714 g/mol. The van der Waals surface area contributed by atoms with Gasteiger partial charge in [-0.05, 0) is 94.0 Å². The molecule has 2 saturated carbocycles. The smallest absolute Gasteiger partial charge is 0.245 e. The number of nitrogens with zero attached hydrogens (tertiary/aromatic N) is 3. The first-order valence-electron chi connectivity index (χ1n) is 21.7.